The van der Waals surface area contributed by atoms with Crippen LogP contribution in [0.4, 0.5) is 0 Å². The molecule has 0 radical (unpaired) electrons. The highest BCUT2D eigenvalue weighted by atomic mass is 35.5. The third-order valence-corrected chi connectivity index (χ3v) is 2.44. The minimum atomic E-state index is 0.574. The maximum Gasteiger partial charge on any atom is 0.0407 e. The maximum atomic E-state index is 5.52. The second-order valence-corrected chi connectivity index (χ2v) is 3.52. The highest BCUT2D eigenvalue weighted by Gasteiger charge is 1.88. The van der Waals surface area contributed by atoms with Crippen molar-refractivity contribution in [3.05, 3.63) is 35.9 Å². The molecule has 1 aromatic carbocycles. The fourth-order valence-corrected chi connectivity index (χ4v) is 1.39. The van der Waals surface area contributed by atoms with Gasteiger partial charge in [0.15, 0.2) is 0 Å². The lowest BCUT2D eigenvalue weighted by Gasteiger charge is -1.95. The first kappa shape index (κ1) is 9.69. The van der Waals surface area contributed by atoms with Gasteiger partial charge in [0.1, 0.15) is 0 Å². The molecule has 0 heterocycles. The van der Waals surface area contributed by atoms with Crippen molar-refractivity contribution in [1.29, 1.82) is 0 Å². The van der Waals surface area contributed by atoms with Gasteiger partial charge in [0.25, 0.3) is 0 Å². The molecular weight excluding hydrogens is 188 g/mol. The molecule has 0 aliphatic rings. The maximum absolute atomic E-state index is 5.52. The van der Waals surface area contributed by atoms with Crippen LogP contribution in [-0.4, -0.2) is 12.1 Å². The molecule has 0 saturated carbocycles. The Kier molecular flexibility index (Phi) is 4.26. The summed E-state index contributed by atoms with van der Waals surface area (Å²) < 4.78 is 0. The van der Waals surface area contributed by atoms with E-state index >= 15 is 0 Å². The third kappa shape index (κ3) is 2.92. The Labute approximate surface area is 82.6 Å². The van der Waals surface area contributed by atoms with Crippen molar-refractivity contribution in [2.75, 3.05) is 12.1 Å². The molecule has 64 valence electrons. The van der Waals surface area contributed by atoms with Crippen molar-refractivity contribution in [3.8, 4) is 0 Å². The smallest absolute Gasteiger partial charge is 0.0407 e. The van der Waals surface area contributed by atoms with Crippen molar-refractivity contribution in [3.63, 3.8) is 0 Å². The number of alkyl halides is 1. The van der Waals surface area contributed by atoms with Gasteiger partial charge in [-0.2, -0.15) is 0 Å². The van der Waals surface area contributed by atoms with Crippen molar-refractivity contribution < 1.29 is 0 Å². The van der Waals surface area contributed by atoms with Gasteiger partial charge in [-0.3, -0.25) is 0 Å². The molecule has 0 amide bonds. The molecule has 0 aliphatic carbocycles. The van der Waals surface area contributed by atoms with Crippen LogP contribution in [0.2, 0.25) is 0 Å². The highest BCUT2D eigenvalue weighted by molar-refractivity contribution is 7.98. The van der Waals surface area contributed by atoms with Crippen LogP contribution in [0.5, 0.6) is 0 Å². The van der Waals surface area contributed by atoms with E-state index in [1.54, 1.807) is 11.8 Å². The zero-order valence-corrected chi connectivity index (χ0v) is 8.53. The Morgan fingerprint density at radius 1 is 1.33 bits per heavy atom. The Hall–Kier alpha value is -0.400. The SMILES string of the molecule is CSc1ccc(C=CCCl)cc1. The van der Waals surface area contributed by atoms with Gasteiger partial charge in [0, 0.05) is 10.8 Å². The van der Waals surface area contributed by atoms with Crippen molar-refractivity contribution in [2.24, 2.45) is 0 Å². The molecule has 0 aliphatic heterocycles. The van der Waals surface area contributed by atoms with Gasteiger partial charge in [0.05, 0.1) is 0 Å². The third-order valence-electron chi connectivity index (χ3n) is 1.52. The average molecular weight is 199 g/mol. The van der Waals surface area contributed by atoms with Gasteiger partial charge in [-0.05, 0) is 24.0 Å². The lowest BCUT2D eigenvalue weighted by atomic mass is 10.2. The predicted molar refractivity (Wildman–Crippen MR) is 58.0 cm³/mol. The van der Waals surface area contributed by atoms with Crippen LogP contribution in [0, 0.1) is 0 Å². The van der Waals surface area contributed by atoms with Crippen LogP contribution >= 0.6 is 23.4 Å². The van der Waals surface area contributed by atoms with Crippen LogP contribution < -0.4 is 0 Å². The summed E-state index contributed by atoms with van der Waals surface area (Å²) in [4.78, 5) is 1.29. The standard InChI is InChI=1S/C10H11ClS/c1-12-10-6-4-9(5-7-10)3-2-8-11/h2-7H,8H2,1H3. The largest absolute Gasteiger partial charge is 0.130 e. The van der Waals surface area contributed by atoms with Crippen molar-refractivity contribution in [2.45, 2.75) is 4.90 Å². The van der Waals surface area contributed by atoms with E-state index in [2.05, 4.69) is 30.5 Å². The molecule has 0 unspecified atom stereocenters. The van der Waals surface area contributed by atoms with Crippen LogP contribution in [0.25, 0.3) is 6.08 Å². The van der Waals surface area contributed by atoms with Gasteiger partial charge in [-0.1, -0.05) is 24.3 Å². The Morgan fingerprint density at radius 3 is 2.50 bits per heavy atom. The molecule has 0 fully saturated rings. The van der Waals surface area contributed by atoms with Crippen LogP contribution in [0.1, 0.15) is 5.56 Å². The first-order valence-corrected chi connectivity index (χ1v) is 5.49. The van der Waals surface area contributed by atoms with E-state index in [0.29, 0.717) is 5.88 Å². The summed E-state index contributed by atoms with van der Waals surface area (Å²) in [6.45, 7) is 0. The summed E-state index contributed by atoms with van der Waals surface area (Å²) in [6.07, 6.45) is 6.04. The van der Waals surface area contributed by atoms with Crippen molar-refractivity contribution >= 4 is 29.4 Å². The second-order valence-electron chi connectivity index (χ2n) is 2.33. The molecule has 12 heavy (non-hydrogen) atoms. The Morgan fingerprint density at radius 2 is 2.00 bits per heavy atom. The number of thioether (sulfide) groups is 1. The molecule has 0 saturated heterocycles. The van der Waals surface area contributed by atoms with E-state index < -0.39 is 0 Å². The van der Waals surface area contributed by atoms with E-state index in [1.807, 2.05) is 12.2 Å². The number of halogens is 1. The van der Waals surface area contributed by atoms with Gasteiger partial charge in [-0.25, -0.2) is 0 Å². The summed E-state index contributed by atoms with van der Waals surface area (Å²) in [5.41, 5.74) is 1.20. The number of allylic oxidation sites excluding steroid dienone is 1. The zero-order valence-electron chi connectivity index (χ0n) is 6.96. The van der Waals surface area contributed by atoms with Crippen LogP contribution in [-0.2, 0) is 0 Å². The molecule has 1 aromatic rings. The minimum Gasteiger partial charge on any atom is -0.130 e. The molecule has 0 aromatic heterocycles. The van der Waals surface area contributed by atoms with Crippen molar-refractivity contribution in [1.82, 2.24) is 0 Å². The zero-order chi connectivity index (χ0) is 8.81. The number of hydrogen-bond acceptors (Lipinski definition) is 1. The molecule has 2 heteroatoms. The lowest BCUT2D eigenvalue weighted by molar-refractivity contribution is 1.45. The fraction of sp³-hybridized carbons (Fsp3) is 0.200. The molecule has 0 N–H and O–H groups in total. The monoisotopic (exact) mass is 198 g/mol. The summed E-state index contributed by atoms with van der Waals surface area (Å²) in [5, 5.41) is 0. The lowest BCUT2D eigenvalue weighted by Crippen LogP contribution is -1.72. The minimum absolute atomic E-state index is 0.574. The van der Waals surface area contributed by atoms with E-state index in [0.717, 1.165) is 0 Å². The van der Waals surface area contributed by atoms with Gasteiger partial charge in [-0.15, -0.1) is 23.4 Å². The molecule has 0 nitrogen and oxygen atoms in total. The summed E-state index contributed by atoms with van der Waals surface area (Å²) in [6, 6.07) is 8.40. The number of benzene rings is 1. The fourth-order valence-electron chi connectivity index (χ4n) is 0.896. The summed E-state index contributed by atoms with van der Waals surface area (Å²) >= 11 is 7.27. The topological polar surface area (TPSA) is 0 Å². The number of rotatable bonds is 3. The number of hydrogen-bond donors (Lipinski definition) is 0. The van der Waals surface area contributed by atoms with Crippen LogP contribution in [0.15, 0.2) is 35.2 Å². The van der Waals surface area contributed by atoms with Crippen LogP contribution in [0.3, 0.4) is 0 Å². The molecule has 0 atom stereocenters. The molecule has 0 bridgehead atoms. The summed E-state index contributed by atoms with van der Waals surface area (Å²) in [7, 11) is 0. The molecule has 0 spiro atoms. The Bertz CT molecular complexity index is 251. The normalized spacial score (nSPS) is 10.8. The summed E-state index contributed by atoms with van der Waals surface area (Å²) in [5.74, 6) is 0.574. The highest BCUT2D eigenvalue weighted by Crippen LogP contribution is 2.15. The van der Waals surface area contributed by atoms with Gasteiger partial charge in [0.2, 0.25) is 0 Å². The molecule has 1 rings (SSSR count). The Balaban J connectivity index is 2.71. The second kappa shape index (κ2) is 5.28. The van der Waals surface area contributed by atoms with E-state index in [4.69, 9.17) is 11.6 Å². The van der Waals surface area contributed by atoms with Gasteiger partial charge >= 0.3 is 0 Å². The van der Waals surface area contributed by atoms with E-state index in [-0.39, 0.29) is 0 Å². The predicted octanol–water partition coefficient (Wildman–Crippen LogP) is 3.66. The molecular formula is C10H11ClS. The quantitative estimate of drug-likeness (QED) is 0.528. The van der Waals surface area contributed by atoms with E-state index in [9.17, 15) is 0 Å². The van der Waals surface area contributed by atoms with Gasteiger partial charge < -0.3 is 0 Å². The average Bonchev–Trinajstić information content (AvgIpc) is 2.15. The first-order chi connectivity index (χ1) is 5.86. The van der Waals surface area contributed by atoms with E-state index in [1.165, 1.54) is 10.5 Å². The first-order valence-electron chi connectivity index (χ1n) is 3.73.